The van der Waals surface area contributed by atoms with Crippen molar-refractivity contribution in [2.24, 2.45) is 11.8 Å². The number of hydrogen-bond acceptors (Lipinski definition) is 1. The van der Waals surface area contributed by atoms with Crippen LogP contribution in [0.3, 0.4) is 0 Å². The van der Waals surface area contributed by atoms with Crippen molar-refractivity contribution < 1.29 is 0 Å². The first-order valence-corrected chi connectivity index (χ1v) is 8.33. The Labute approximate surface area is 130 Å². The van der Waals surface area contributed by atoms with E-state index in [0.717, 1.165) is 12.3 Å². The standard InChI is InChI=1S/C18H23N.C2H6/c1-14-5-9-17(10-6-14)15(2)18-11-7-16(8-12-18)4-3-13-19;1-2/h5-6,9-10,16,18H,2-4,7-8,11-12H2,1H3;1-2H3. The maximum absolute atomic E-state index is 8.64. The Bertz CT molecular complexity index is 456. The Morgan fingerprint density at radius 1 is 1.14 bits per heavy atom. The molecular weight excluding hydrogens is 254 g/mol. The molecule has 1 aliphatic carbocycles. The van der Waals surface area contributed by atoms with E-state index < -0.39 is 0 Å². The topological polar surface area (TPSA) is 23.8 Å². The van der Waals surface area contributed by atoms with Crippen LogP contribution in [0.4, 0.5) is 0 Å². The smallest absolute Gasteiger partial charge is 0.0621 e. The van der Waals surface area contributed by atoms with Crippen molar-refractivity contribution >= 4 is 5.57 Å². The molecule has 0 amide bonds. The zero-order valence-electron chi connectivity index (χ0n) is 13.9. The molecule has 2 rings (SSSR count). The second kappa shape index (κ2) is 9.40. The van der Waals surface area contributed by atoms with Gasteiger partial charge in [-0.05, 0) is 62.0 Å². The third-order valence-electron chi connectivity index (χ3n) is 4.43. The van der Waals surface area contributed by atoms with Crippen LogP contribution in [0.15, 0.2) is 30.8 Å². The summed E-state index contributed by atoms with van der Waals surface area (Å²) < 4.78 is 0. The summed E-state index contributed by atoms with van der Waals surface area (Å²) in [5.41, 5.74) is 3.90. The van der Waals surface area contributed by atoms with Crippen molar-refractivity contribution in [2.45, 2.75) is 59.3 Å². The van der Waals surface area contributed by atoms with Crippen molar-refractivity contribution in [3.8, 4) is 6.07 Å². The van der Waals surface area contributed by atoms with Gasteiger partial charge >= 0.3 is 0 Å². The van der Waals surface area contributed by atoms with Gasteiger partial charge in [-0.25, -0.2) is 0 Å². The van der Waals surface area contributed by atoms with Gasteiger partial charge in [-0.3, -0.25) is 0 Å². The van der Waals surface area contributed by atoms with Gasteiger partial charge in [0.05, 0.1) is 6.07 Å². The maximum atomic E-state index is 8.64. The van der Waals surface area contributed by atoms with E-state index in [4.69, 9.17) is 5.26 Å². The molecule has 1 aromatic rings. The van der Waals surface area contributed by atoms with Crippen LogP contribution in [0.1, 0.15) is 63.5 Å². The molecule has 0 bridgehead atoms. The molecule has 0 aliphatic heterocycles. The summed E-state index contributed by atoms with van der Waals surface area (Å²) >= 11 is 0. The van der Waals surface area contributed by atoms with Crippen molar-refractivity contribution in [1.82, 2.24) is 0 Å². The molecule has 0 radical (unpaired) electrons. The minimum absolute atomic E-state index is 0.640. The van der Waals surface area contributed by atoms with E-state index >= 15 is 0 Å². The number of benzene rings is 1. The van der Waals surface area contributed by atoms with Crippen molar-refractivity contribution in [3.05, 3.63) is 42.0 Å². The average molecular weight is 283 g/mol. The van der Waals surface area contributed by atoms with Crippen molar-refractivity contribution in [2.75, 3.05) is 0 Å². The van der Waals surface area contributed by atoms with Crippen molar-refractivity contribution in [3.63, 3.8) is 0 Å². The lowest BCUT2D eigenvalue weighted by Gasteiger charge is -2.29. The fraction of sp³-hybridized carbons (Fsp3) is 0.550. The largest absolute Gasteiger partial charge is 0.198 e. The van der Waals surface area contributed by atoms with E-state index in [0.29, 0.717) is 12.3 Å². The molecule has 1 aliphatic rings. The van der Waals surface area contributed by atoms with Gasteiger partial charge in [0.2, 0.25) is 0 Å². The molecule has 1 saturated carbocycles. The number of nitrogens with zero attached hydrogens (tertiary/aromatic N) is 1. The second-order valence-corrected chi connectivity index (χ2v) is 5.81. The Morgan fingerprint density at radius 2 is 1.71 bits per heavy atom. The molecule has 0 unspecified atom stereocenters. The number of hydrogen-bond donors (Lipinski definition) is 0. The van der Waals surface area contributed by atoms with E-state index in [-0.39, 0.29) is 0 Å². The van der Waals surface area contributed by atoms with Crippen LogP contribution in [0, 0.1) is 30.1 Å². The van der Waals surface area contributed by atoms with Crippen LogP contribution in [0.5, 0.6) is 0 Å². The van der Waals surface area contributed by atoms with Gasteiger partial charge in [-0.15, -0.1) is 0 Å². The molecular formula is C20H29N. The Kier molecular flexibility index (Phi) is 7.83. The fourth-order valence-corrected chi connectivity index (χ4v) is 3.07. The van der Waals surface area contributed by atoms with Crippen LogP contribution >= 0.6 is 0 Å². The highest BCUT2D eigenvalue weighted by molar-refractivity contribution is 5.65. The first kappa shape index (κ1) is 17.5. The molecule has 1 fully saturated rings. The SMILES string of the molecule is C=C(c1ccc(C)cc1)C1CCC(CCC#N)CC1.CC. The van der Waals surface area contributed by atoms with E-state index in [9.17, 15) is 0 Å². The Hall–Kier alpha value is -1.55. The van der Waals surface area contributed by atoms with Crippen LogP contribution < -0.4 is 0 Å². The van der Waals surface area contributed by atoms with E-state index in [1.165, 1.54) is 42.4 Å². The zero-order chi connectivity index (χ0) is 15.7. The van der Waals surface area contributed by atoms with Gasteiger partial charge in [0, 0.05) is 6.42 Å². The second-order valence-electron chi connectivity index (χ2n) is 5.81. The number of nitriles is 1. The van der Waals surface area contributed by atoms with Crippen LogP contribution in [0.2, 0.25) is 0 Å². The third-order valence-corrected chi connectivity index (χ3v) is 4.43. The average Bonchev–Trinajstić information content (AvgIpc) is 2.55. The third kappa shape index (κ3) is 5.38. The van der Waals surface area contributed by atoms with Gasteiger partial charge < -0.3 is 0 Å². The van der Waals surface area contributed by atoms with Gasteiger partial charge in [-0.1, -0.05) is 50.3 Å². The van der Waals surface area contributed by atoms with E-state index in [1.54, 1.807) is 0 Å². The number of rotatable bonds is 4. The van der Waals surface area contributed by atoms with Gasteiger partial charge in [0.15, 0.2) is 0 Å². The molecule has 0 aromatic heterocycles. The summed E-state index contributed by atoms with van der Waals surface area (Å²) in [4.78, 5) is 0. The summed E-state index contributed by atoms with van der Waals surface area (Å²) in [7, 11) is 0. The molecule has 0 saturated heterocycles. The molecule has 0 atom stereocenters. The lowest BCUT2D eigenvalue weighted by molar-refractivity contribution is 0.304. The van der Waals surface area contributed by atoms with Crippen LogP contribution in [-0.4, -0.2) is 0 Å². The monoisotopic (exact) mass is 283 g/mol. The van der Waals surface area contributed by atoms with E-state index in [2.05, 4.69) is 43.8 Å². The summed E-state index contributed by atoms with van der Waals surface area (Å²) in [6.45, 7) is 10.4. The predicted molar refractivity (Wildman–Crippen MR) is 91.9 cm³/mol. The molecule has 21 heavy (non-hydrogen) atoms. The lowest BCUT2D eigenvalue weighted by atomic mass is 9.76. The summed E-state index contributed by atoms with van der Waals surface area (Å²) in [6, 6.07) is 11.0. The van der Waals surface area contributed by atoms with E-state index in [1.807, 2.05) is 13.8 Å². The quantitative estimate of drug-likeness (QED) is 0.650. The maximum Gasteiger partial charge on any atom is 0.0621 e. The van der Waals surface area contributed by atoms with Crippen LogP contribution in [-0.2, 0) is 0 Å². The highest BCUT2D eigenvalue weighted by Crippen LogP contribution is 2.38. The molecule has 1 nitrogen and oxygen atoms in total. The van der Waals surface area contributed by atoms with Crippen molar-refractivity contribution in [1.29, 1.82) is 5.26 Å². The number of aryl methyl sites for hydroxylation is 1. The minimum atomic E-state index is 0.640. The van der Waals surface area contributed by atoms with Crippen LogP contribution in [0.25, 0.3) is 5.57 Å². The summed E-state index contributed by atoms with van der Waals surface area (Å²) in [5.74, 6) is 1.41. The molecule has 1 heteroatoms. The number of allylic oxidation sites excluding steroid dienone is 1. The predicted octanol–water partition coefficient (Wildman–Crippen LogP) is 6.14. The molecule has 114 valence electrons. The zero-order valence-corrected chi connectivity index (χ0v) is 13.9. The molecule has 0 N–H and O–H groups in total. The lowest BCUT2D eigenvalue weighted by Crippen LogP contribution is -2.15. The Morgan fingerprint density at radius 3 is 2.24 bits per heavy atom. The summed E-state index contributed by atoms with van der Waals surface area (Å²) in [5, 5.41) is 8.64. The summed E-state index contributed by atoms with van der Waals surface area (Å²) in [6.07, 6.45) is 6.80. The fourth-order valence-electron chi connectivity index (χ4n) is 3.07. The highest BCUT2D eigenvalue weighted by Gasteiger charge is 2.23. The molecule has 0 heterocycles. The van der Waals surface area contributed by atoms with Gasteiger partial charge in [0.1, 0.15) is 0 Å². The van der Waals surface area contributed by atoms with Gasteiger partial charge in [0.25, 0.3) is 0 Å². The first-order chi connectivity index (χ1) is 10.2. The van der Waals surface area contributed by atoms with Gasteiger partial charge in [-0.2, -0.15) is 5.26 Å². The first-order valence-electron chi connectivity index (χ1n) is 8.33. The normalized spacial score (nSPS) is 20.9. The minimum Gasteiger partial charge on any atom is -0.198 e. The Balaban J connectivity index is 0.00000106. The molecule has 0 spiro atoms. The highest BCUT2D eigenvalue weighted by atomic mass is 14.3. The molecule has 1 aromatic carbocycles.